The maximum Gasteiger partial charge on any atom is 0.282 e. The highest BCUT2D eigenvalue weighted by atomic mass is 35.5. The van der Waals surface area contributed by atoms with Gasteiger partial charge in [-0.25, -0.2) is 0 Å². The molecule has 1 saturated heterocycles. The van der Waals surface area contributed by atoms with E-state index in [0.717, 1.165) is 43.0 Å². The Balaban J connectivity index is 1.47. The van der Waals surface area contributed by atoms with Gasteiger partial charge in [0.25, 0.3) is 11.8 Å². The summed E-state index contributed by atoms with van der Waals surface area (Å²) in [6.45, 7) is 9.86. The number of rotatable bonds is 6. The van der Waals surface area contributed by atoms with Crippen molar-refractivity contribution in [2.75, 3.05) is 43.4 Å². The average molecular weight is 431 g/mol. The number of nitrogens with one attached hydrogen (secondary N) is 4. The van der Waals surface area contributed by atoms with Crippen LogP contribution >= 0.6 is 11.6 Å². The van der Waals surface area contributed by atoms with Gasteiger partial charge in [-0.3, -0.25) is 9.59 Å². The van der Waals surface area contributed by atoms with Crippen LogP contribution in [0.5, 0.6) is 0 Å². The molecule has 0 unspecified atom stereocenters. The van der Waals surface area contributed by atoms with Gasteiger partial charge in [0.05, 0.1) is 0 Å². The number of quaternary nitrogens is 2. The van der Waals surface area contributed by atoms with Gasteiger partial charge in [0.1, 0.15) is 26.2 Å². The van der Waals surface area contributed by atoms with Gasteiger partial charge in [0, 0.05) is 16.4 Å². The van der Waals surface area contributed by atoms with Crippen LogP contribution < -0.4 is 20.4 Å². The van der Waals surface area contributed by atoms with Crippen LogP contribution in [0, 0.1) is 13.8 Å². The van der Waals surface area contributed by atoms with Crippen LogP contribution in [0.4, 0.5) is 11.4 Å². The normalized spacial score (nSPS) is 19.7. The molecule has 1 heterocycles. The lowest BCUT2D eigenvalue weighted by Gasteiger charge is -2.32. The Morgan fingerprint density at radius 2 is 1.63 bits per heavy atom. The minimum absolute atomic E-state index is 0.0107. The zero-order valence-corrected chi connectivity index (χ0v) is 18.6. The molecule has 0 radical (unpaired) electrons. The molecule has 0 aromatic heterocycles. The summed E-state index contributed by atoms with van der Waals surface area (Å²) in [6.07, 6.45) is 0. The van der Waals surface area contributed by atoms with Crippen molar-refractivity contribution in [1.29, 1.82) is 0 Å². The van der Waals surface area contributed by atoms with E-state index in [0.29, 0.717) is 17.3 Å². The number of carbonyl (C=O) groups is 2. The number of hydrogen-bond acceptors (Lipinski definition) is 2. The van der Waals surface area contributed by atoms with E-state index in [-0.39, 0.29) is 17.9 Å². The monoisotopic (exact) mass is 430 g/mol. The van der Waals surface area contributed by atoms with Crippen molar-refractivity contribution in [2.24, 2.45) is 0 Å². The second kappa shape index (κ2) is 10.1. The molecule has 2 amide bonds. The second-order valence-electron chi connectivity index (χ2n) is 8.12. The van der Waals surface area contributed by atoms with Crippen LogP contribution in [0.15, 0.2) is 42.5 Å². The van der Waals surface area contributed by atoms with Gasteiger partial charge in [-0.1, -0.05) is 35.9 Å². The van der Waals surface area contributed by atoms with Gasteiger partial charge >= 0.3 is 0 Å². The molecular formula is C23H31ClN4O2+2. The number of halogens is 1. The molecule has 30 heavy (non-hydrogen) atoms. The summed E-state index contributed by atoms with van der Waals surface area (Å²) in [5, 5.41) is 6.62. The molecule has 4 N–H and O–H groups in total. The van der Waals surface area contributed by atoms with E-state index < -0.39 is 0 Å². The van der Waals surface area contributed by atoms with E-state index in [2.05, 4.69) is 10.6 Å². The quantitative estimate of drug-likeness (QED) is 0.545. The molecule has 2 aromatic carbocycles. The van der Waals surface area contributed by atoms with Gasteiger partial charge in [0.15, 0.2) is 12.6 Å². The van der Waals surface area contributed by atoms with Crippen molar-refractivity contribution in [3.63, 3.8) is 0 Å². The second-order valence-corrected chi connectivity index (χ2v) is 8.56. The van der Waals surface area contributed by atoms with E-state index in [1.807, 2.05) is 51.1 Å². The molecule has 1 aliphatic rings. The molecule has 2 aromatic rings. The van der Waals surface area contributed by atoms with E-state index in [1.165, 1.54) is 9.80 Å². The summed E-state index contributed by atoms with van der Waals surface area (Å²) in [5.74, 6) is 0.0288. The third-order valence-electron chi connectivity index (χ3n) is 5.85. The van der Waals surface area contributed by atoms with Crippen molar-refractivity contribution < 1.29 is 19.4 Å². The van der Waals surface area contributed by atoms with Crippen LogP contribution in [0.1, 0.15) is 18.1 Å². The maximum atomic E-state index is 12.6. The van der Waals surface area contributed by atoms with Gasteiger partial charge < -0.3 is 20.4 Å². The average Bonchev–Trinajstić information content (AvgIpc) is 2.71. The number of aryl methyl sites for hydroxylation is 2. The Morgan fingerprint density at radius 1 is 1.00 bits per heavy atom. The number of piperazine rings is 1. The molecule has 1 atom stereocenters. The van der Waals surface area contributed by atoms with E-state index in [9.17, 15) is 9.59 Å². The Bertz CT molecular complexity index is 890. The molecule has 0 bridgehead atoms. The van der Waals surface area contributed by atoms with Gasteiger partial charge in [-0.15, -0.1) is 0 Å². The molecule has 0 saturated carbocycles. The fraction of sp³-hybridized carbons (Fsp3) is 0.391. The van der Waals surface area contributed by atoms with E-state index in [4.69, 9.17) is 11.6 Å². The first-order chi connectivity index (χ1) is 14.3. The molecule has 0 aliphatic carbocycles. The summed E-state index contributed by atoms with van der Waals surface area (Å²) in [5.41, 5.74) is 3.78. The highest BCUT2D eigenvalue weighted by Crippen LogP contribution is 2.19. The third-order valence-corrected chi connectivity index (χ3v) is 6.09. The lowest BCUT2D eigenvalue weighted by molar-refractivity contribution is -1.01. The van der Waals surface area contributed by atoms with Gasteiger partial charge in [-0.2, -0.15) is 0 Å². The summed E-state index contributed by atoms with van der Waals surface area (Å²) < 4.78 is 0. The fourth-order valence-corrected chi connectivity index (χ4v) is 4.15. The fourth-order valence-electron chi connectivity index (χ4n) is 3.96. The Kier molecular flexibility index (Phi) is 7.48. The Morgan fingerprint density at radius 3 is 2.27 bits per heavy atom. The smallest absolute Gasteiger partial charge is 0.282 e. The van der Waals surface area contributed by atoms with Crippen molar-refractivity contribution >= 4 is 34.8 Å². The molecule has 3 rings (SSSR count). The van der Waals surface area contributed by atoms with Crippen LogP contribution in [-0.4, -0.2) is 50.6 Å². The van der Waals surface area contributed by atoms with Crippen LogP contribution in [0.3, 0.4) is 0 Å². The molecule has 6 nitrogen and oxygen atoms in total. The lowest BCUT2D eigenvalue weighted by atomic mass is 10.1. The zero-order valence-electron chi connectivity index (χ0n) is 17.8. The van der Waals surface area contributed by atoms with Crippen molar-refractivity contribution in [1.82, 2.24) is 0 Å². The van der Waals surface area contributed by atoms with Crippen molar-refractivity contribution in [2.45, 2.75) is 26.8 Å². The number of amides is 2. The summed E-state index contributed by atoms with van der Waals surface area (Å²) in [4.78, 5) is 27.6. The molecule has 1 fully saturated rings. The summed E-state index contributed by atoms with van der Waals surface area (Å²) >= 11 is 5.99. The first-order valence-corrected chi connectivity index (χ1v) is 10.8. The third kappa shape index (κ3) is 5.81. The minimum atomic E-state index is -0.158. The minimum Gasteiger partial charge on any atom is -0.321 e. The SMILES string of the molecule is Cc1cccc(C)c1NC(=O)C[NH+]1CC[NH+]([C@H](C)C(=O)Nc2cccc(Cl)c2)CC1. The van der Waals surface area contributed by atoms with Gasteiger partial charge in [0.2, 0.25) is 0 Å². The highest BCUT2D eigenvalue weighted by molar-refractivity contribution is 6.30. The van der Waals surface area contributed by atoms with Crippen LogP contribution in [0.25, 0.3) is 0 Å². The van der Waals surface area contributed by atoms with Crippen molar-refractivity contribution in [3.05, 3.63) is 58.6 Å². The number of anilines is 2. The summed E-state index contributed by atoms with van der Waals surface area (Å²) in [7, 11) is 0. The Hall–Kier alpha value is -2.41. The van der Waals surface area contributed by atoms with Crippen LogP contribution in [-0.2, 0) is 9.59 Å². The summed E-state index contributed by atoms with van der Waals surface area (Å²) in [6, 6.07) is 13.0. The largest absolute Gasteiger partial charge is 0.321 e. The molecule has 1 aliphatic heterocycles. The lowest BCUT2D eigenvalue weighted by Crippen LogP contribution is -3.30. The predicted molar refractivity (Wildman–Crippen MR) is 120 cm³/mol. The predicted octanol–water partition coefficient (Wildman–Crippen LogP) is 0.706. The molecule has 160 valence electrons. The number of hydrogen-bond donors (Lipinski definition) is 4. The molecule has 0 spiro atoms. The van der Waals surface area contributed by atoms with Gasteiger partial charge in [-0.05, 0) is 50.1 Å². The molecule has 7 heteroatoms. The number of carbonyl (C=O) groups excluding carboxylic acids is 2. The first kappa shape index (κ1) is 22.3. The zero-order chi connectivity index (χ0) is 21.7. The van der Waals surface area contributed by atoms with E-state index in [1.54, 1.807) is 12.1 Å². The first-order valence-electron chi connectivity index (χ1n) is 10.4. The standard InChI is InChI=1S/C23H29ClN4O2/c1-16-6-4-7-17(2)22(16)26-21(29)15-27-10-12-28(13-11-27)18(3)23(30)25-20-9-5-8-19(24)14-20/h4-9,14,18H,10-13,15H2,1-3H3,(H,25,30)(H,26,29)/p+2/t18-/m1/s1. The molecular weight excluding hydrogens is 400 g/mol. The topological polar surface area (TPSA) is 67.1 Å². The van der Waals surface area contributed by atoms with E-state index >= 15 is 0 Å². The van der Waals surface area contributed by atoms with Crippen LogP contribution in [0.2, 0.25) is 5.02 Å². The Labute approximate surface area is 183 Å². The highest BCUT2D eigenvalue weighted by Gasteiger charge is 2.31. The number of para-hydroxylation sites is 1. The number of benzene rings is 2. The maximum absolute atomic E-state index is 12.6. The van der Waals surface area contributed by atoms with Crippen molar-refractivity contribution in [3.8, 4) is 0 Å².